The third-order valence-electron chi connectivity index (χ3n) is 6.48. The fourth-order valence-electron chi connectivity index (χ4n) is 4.47. The number of para-hydroxylation sites is 1. The van der Waals surface area contributed by atoms with E-state index in [1.54, 1.807) is 17.0 Å². The molecule has 2 aromatic carbocycles. The number of hydrogen-bond acceptors (Lipinski definition) is 3. The lowest BCUT2D eigenvalue weighted by Gasteiger charge is -2.37. The number of thioether (sulfide) groups is 1. The first-order valence-electron chi connectivity index (χ1n) is 11.1. The van der Waals surface area contributed by atoms with Crippen molar-refractivity contribution in [2.45, 2.75) is 62.3 Å². The van der Waals surface area contributed by atoms with Crippen molar-refractivity contribution in [3.63, 3.8) is 0 Å². The number of carbonyl (C=O) groups is 2. The zero-order valence-corrected chi connectivity index (χ0v) is 18.8. The van der Waals surface area contributed by atoms with Crippen LogP contribution in [0.2, 0.25) is 0 Å². The summed E-state index contributed by atoms with van der Waals surface area (Å²) < 4.78 is 13.3. The summed E-state index contributed by atoms with van der Waals surface area (Å²) in [4.78, 5) is 29.3. The van der Waals surface area contributed by atoms with Crippen LogP contribution >= 0.6 is 11.8 Å². The average Bonchev–Trinajstić information content (AvgIpc) is 2.78. The number of amides is 2. The number of rotatable bonds is 5. The molecule has 4 atom stereocenters. The zero-order valence-electron chi connectivity index (χ0n) is 18.0. The summed E-state index contributed by atoms with van der Waals surface area (Å²) in [5, 5.41) is 2.72. The van der Waals surface area contributed by atoms with Crippen LogP contribution in [-0.2, 0) is 16.1 Å². The van der Waals surface area contributed by atoms with Crippen LogP contribution in [0.4, 0.5) is 10.1 Å². The molecule has 1 saturated carbocycles. The number of carbonyl (C=O) groups excluding carboxylic acids is 2. The Balaban J connectivity index is 1.54. The van der Waals surface area contributed by atoms with Crippen LogP contribution in [0.15, 0.2) is 53.4 Å². The van der Waals surface area contributed by atoms with Gasteiger partial charge in [0.15, 0.2) is 0 Å². The molecular weight excluding hydrogens is 411 g/mol. The van der Waals surface area contributed by atoms with Crippen molar-refractivity contribution in [3.8, 4) is 0 Å². The number of halogens is 1. The molecule has 164 valence electrons. The predicted molar refractivity (Wildman–Crippen MR) is 122 cm³/mol. The minimum Gasteiger partial charge on any atom is -0.353 e. The highest BCUT2D eigenvalue weighted by Gasteiger charge is 2.40. The Morgan fingerprint density at radius 2 is 1.87 bits per heavy atom. The van der Waals surface area contributed by atoms with Crippen LogP contribution < -0.4 is 10.2 Å². The Morgan fingerprint density at radius 1 is 1.16 bits per heavy atom. The lowest BCUT2D eigenvalue weighted by atomic mass is 9.85. The van der Waals surface area contributed by atoms with E-state index < -0.39 is 11.2 Å². The molecule has 0 spiro atoms. The van der Waals surface area contributed by atoms with Crippen molar-refractivity contribution in [1.82, 2.24) is 5.32 Å². The molecule has 0 saturated heterocycles. The summed E-state index contributed by atoms with van der Waals surface area (Å²) >= 11 is 1.47. The Kier molecular flexibility index (Phi) is 6.65. The molecule has 0 bridgehead atoms. The van der Waals surface area contributed by atoms with Gasteiger partial charge in [0.1, 0.15) is 11.1 Å². The van der Waals surface area contributed by atoms with Crippen LogP contribution in [0.25, 0.3) is 0 Å². The van der Waals surface area contributed by atoms with Gasteiger partial charge in [-0.15, -0.1) is 11.8 Å². The van der Waals surface area contributed by atoms with Crippen molar-refractivity contribution < 1.29 is 14.0 Å². The molecule has 1 N–H and O–H groups in total. The monoisotopic (exact) mass is 440 g/mol. The molecule has 1 fully saturated rings. The Hall–Kier alpha value is -2.34. The normalized spacial score (nSPS) is 24.4. The zero-order chi connectivity index (χ0) is 22.0. The van der Waals surface area contributed by atoms with Gasteiger partial charge < -0.3 is 10.2 Å². The van der Waals surface area contributed by atoms with Crippen molar-refractivity contribution in [3.05, 3.63) is 59.9 Å². The van der Waals surface area contributed by atoms with E-state index in [0.29, 0.717) is 12.5 Å². The molecule has 0 aromatic heterocycles. The maximum Gasteiger partial charge on any atom is 0.241 e. The second-order valence-corrected chi connectivity index (χ2v) is 9.91. The van der Waals surface area contributed by atoms with Crippen molar-refractivity contribution >= 4 is 29.3 Å². The number of fused-ring (bicyclic) bond motifs is 1. The molecule has 1 aliphatic carbocycles. The van der Waals surface area contributed by atoms with Crippen molar-refractivity contribution in [1.29, 1.82) is 0 Å². The van der Waals surface area contributed by atoms with Crippen molar-refractivity contribution in [2.75, 3.05) is 4.90 Å². The number of nitrogens with one attached hydrogen (secondary N) is 1. The van der Waals surface area contributed by atoms with Crippen molar-refractivity contribution in [2.24, 2.45) is 11.8 Å². The van der Waals surface area contributed by atoms with Crippen LogP contribution in [0.5, 0.6) is 0 Å². The summed E-state index contributed by atoms with van der Waals surface area (Å²) in [5.41, 5.74) is 1.69. The fraction of sp³-hybridized carbons (Fsp3) is 0.440. The van der Waals surface area contributed by atoms with Gasteiger partial charge in [-0.1, -0.05) is 51.0 Å². The number of hydrogen-bond donors (Lipinski definition) is 1. The highest BCUT2D eigenvalue weighted by Crippen LogP contribution is 2.42. The first-order chi connectivity index (χ1) is 14.9. The van der Waals surface area contributed by atoms with E-state index in [1.807, 2.05) is 31.2 Å². The lowest BCUT2D eigenvalue weighted by Crippen LogP contribution is -2.50. The van der Waals surface area contributed by atoms with Gasteiger partial charge in [-0.2, -0.15) is 0 Å². The SMILES string of the molecule is CC1CCCCC1NC(=O)C(C)C1Sc2ccccc2N(Cc2ccc(F)cc2)C1=O. The summed E-state index contributed by atoms with van der Waals surface area (Å²) in [6, 6.07) is 14.2. The van der Waals surface area contributed by atoms with Gasteiger partial charge in [0.05, 0.1) is 18.2 Å². The van der Waals surface area contributed by atoms with Gasteiger partial charge in [-0.25, -0.2) is 4.39 Å². The molecule has 4 unspecified atom stereocenters. The van der Waals surface area contributed by atoms with E-state index in [0.717, 1.165) is 35.4 Å². The van der Waals surface area contributed by atoms with Crippen LogP contribution in [0.1, 0.15) is 45.1 Å². The van der Waals surface area contributed by atoms with Crippen LogP contribution in [0, 0.1) is 17.7 Å². The molecule has 31 heavy (non-hydrogen) atoms. The highest BCUT2D eigenvalue weighted by molar-refractivity contribution is 8.01. The number of benzene rings is 2. The summed E-state index contributed by atoms with van der Waals surface area (Å²) in [7, 11) is 0. The first-order valence-corrected chi connectivity index (χ1v) is 11.9. The Labute approximate surface area is 187 Å². The Morgan fingerprint density at radius 3 is 2.61 bits per heavy atom. The molecule has 6 heteroatoms. The van der Waals surface area contributed by atoms with Gasteiger partial charge in [0.25, 0.3) is 0 Å². The third-order valence-corrected chi connectivity index (χ3v) is 7.94. The van der Waals surface area contributed by atoms with Gasteiger partial charge in [0.2, 0.25) is 11.8 Å². The average molecular weight is 441 g/mol. The summed E-state index contributed by atoms with van der Waals surface area (Å²) in [5.74, 6) is -0.408. The van der Waals surface area contributed by atoms with Gasteiger partial charge in [-0.05, 0) is 48.6 Å². The van der Waals surface area contributed by atoms with Gasteiger partial charge >= 0.3 is 0 Å². The summed E-state index contributed by atoms with van der Waals surface area (Å²) in [6.07, 6.45) is 4.49. The molecule has 2 aliphatic rings. The first kappa shape index (κ1) is 21.9. The van der Waals surface area contributed by atoms with E-state index in [4.69, 9.17) is 0 Å². The molecule has 4 rings (SSSR count). The van der Waals surface area contributed by atoms with E-state index >= 15 is 0 Å². The van der Waals surface area contributed by atoms with Crippen LogP contribution in [0.3, 0.4) is 0 Å². The van der Waals surface area contributed by atoms with E-state index in [2.05, 4.69) is 12.2 Å². The van der Waals surface area contributed by atoms with Gasteiger partial charge in [0, 0.05) is 10.9 Å². The van der Waals surface area contributed by atoms with Crippen LogP contribution in [-0.4, -0.2) is 23.1 Å². The minimum absolute atomic E-state index is 0.0503. The second-order valence-electron chi connectivity index (χ2n) is 8.72. The molecular formula is C25H29FN2O2S. The maximum atomic E-state index is 13.5. The standard InChI is InChI=1S/C25H29FN2O2S/c1-16-7-3-4-8-20(16)27-24(29)17(2)23-25(30)28(15-18-11-13-19(26)14-12-18)21-9-5-6-10-22(21)31-23/h5-6,9-14,16-17,20,23H,3-4,7-8,15H2,1-2H3,(H,27,29). The molecule has 1 aliphatic heterocycles. The van der Waals surface area contributed by atoms with E-state index in [-0.39, 0.29) is 23.7 Å². The maximum absolute atomic E-state index is 13.5. The number of anilines is 1. The minimum atomic E-state index is -0.491. The largest absolute Gasteiger partial charge is 0.353 e. The second kappa shape index (κ2) is 9.43. The van der Waals surface area contributed by atoms with E-state index in [9.17, 15) is 14.0 Å². The topological polar surface area (TPSA) is 49.4 Å². The highest BCUT2D eigenvalue weighted by atomic mass is 32.2. The third kappa shape index (κ3) is 4.79. The van der Waals surface area contributed by atoms with Gasteiger partial charge in [-0.3, -0.25) is 9.59 Å². The number of nitrogens with zero attached hydrogens (tertiary/aromatic N) is 1. The molecule has 2 amide bonds. The Bertz CT molecular complexity index is 949. The molecule has 2 aromatic rings. The summed E-state index contributed by atoms with van der Waals surface area (Å²) in [6.45, 7) is 4.39. The lowest BCUT2D eigenvalue weighted by molar-refractivity contribution is -0.129. The van der Waals surface area contributed by atoms with E-state index in [1.165, 1.54) is 30.3 Å². The predicted octanol–water partition coefficient (Wildman–Crippen LogP) is 5.16. The molecule has 0 radical (unpaired) electrons. The quantitative estimate of drug-likeness (QED) is 0.698. The smallest absolute Gasteiger partial charge is 0.241 e. The molecule has 4 nitrogen and oxygen atoms in total. The fourth-order valence-corrected chi connectivity index (χ4v) is 5.76. The molecule has 1 heterocycles.